The molecule has 0 saturated heterocycles. The molecule has 0 fully saturated rings. The van der Waals surface area contributed by atoms with Crippen LogP contribution >= 0.6 is 0 Å². The van der Waals surface area contributed by atoms with Gasteiger partial charge in [-0.3, -0.25) is 14.4 Å². The molecule has 2 aromatic rings. The van der Waals surface area contributed by atoms with Crippen LogP contribution in [0.4, 0.5) is 5.69 Å². The molecule has 0 bridgehead atoms. The molecule has 0 heterocycles. The van der Waals surface area contributed by atoms with E-state index in [-0.39, 0.29) is 30.6 Å². The SMILES string of the molecule is CC(C)C(=O)Nc1ccc(C(=O)C(C)OC(=O)CCOc2ccccc2)cc1. The van der Waals surface area contributed by atoms with Crippen molar-refractivity contribution >= 4 is 23.3 Å². The molecule has 0 spiro atoms. The third kappa shape index (κ3) is 6.54. The van der Waals surface area contributed by atoms with E-state index >= 15 is 0 Å². The fraction of sp³-hybridized carbons (Fsp3) is 0.318. The van der Waals surface area contributed by atoms with E-state index in [2.05, 4.69) is 5.32 Å². The zero-order valence-corrected chi connectivity index (χ0v) is 16.3. The van der Waals surface area contributed by atoms with Crippen molar-refractivity contribution in [3.63, 3.8) is 0 Å². The lowest BCUT2D eigenvalue weighted by Gasteiger charge is -2.13. The van der Waals surface area contributed by atoms with Crippen molar-refractivity contribution in [2.24, 2.45) is 5.92 Å². The van der Waals surface area contributed by atoms with E-state index in [1.165, 1.54) is 6.92 Å². The maximum absolute atomic E-state index is 12.4. The molecular weight excluding hydrogens is 358 g/mol. The lowest BCUT2D eigenvalue weighted by molar-refractivity contribution is -0.146. The predicted molar refractivity (Wildman–Crippen MR) is 106 cm³/mol. The summed E-state index contributed by atoms with van der Waals surface area (Å²) in [6.45, 7) is 5.31. The first kappa shape index (κ1) is 21.2. The summed E-state index contributed by atoms with van der Waals surface area (Å²) < 4.78 is 10.6. The zero-order valence-electron chi connectivity index (χ0n) is 16.3. The number of ketones is 1. The van der Waals surface area contributed by atoms with Crippen molar-refractivity contribution in [2.75, 3.05) is 11.9 Å². The van der Waals surface area contributed by atoms with Gasteiger partial charge in [0.1, 0.15) is 5.75 Å². The maximum atomic E-state index is 12.4. The number of carbonyl (C=O) groups is 3. The van der Waals surface area contributed by atoms with Crippen LogP contribution in [0.2, 0.25) is 0 Å². The molecule has 1 N–H and O–H groups in total. The standard InChI is InChI=1S/C22H25NO5/c1-15(2)22(26)23-18-11-9-17(10-12-18)21(25)16(3)28-20(24)13-14-27-19-7-5-4-6-8-19/h4-12,15-16H,13-14H2,1-3H3,(H,23,26). The maximum Gasteiger partial charge on any atom is 0.309 e. The molecule has 1 amide bonds. The van der Waals surface area contributed by atoms with Gasteiger partial charge in [-0.1, -0.05) is 32.0 Å². The Labute approximate surface area is 164 Å². The quantitative estimate of drug-likeness (QED) is 0.525. The molecule has 6 nitrogen and oxygen atoms in total. The van der Waals surface area contributed by atoms with E-state index in [9.17, 15) is 14.4 Å². The summed E-state index contributed by atoms with van der Waals surface area (Å²) in [6.07, 6.45) is -0.854. The highest BCUT2D eigenvalue weighted by molar-refractivity contribution is 6.01. The Hall–Kier alpha value is -3.15. The van der Waals surface area contributed by atoms with Crippen LogP contribution in [0.15, 0.2) is 54.6 Å². The zero-order chi connectivity index (χ0) is 20.5. The Bertz CT molecular complexity index is 799. The fourth-order valence-electron chi connectivity index (χ4n) is 2.32. The molecule has 1 atom stereocenters. The highest BCUT2D eigenvalue weighted by atomic mass is 16.5. The van der Waals surface area contributed by atoms with Crippen molar-refractivity contribution < 1.29 is 23.9 Å². The van der Waals surface area contributed by atoms with E-state index in [0.29, 0.717) is 17.0 Å². The van der Waals surface area contributed by atoms with Gasteiger partial charge in [0.15, 0.2) is 6.10 Å². The van der Waals surface area contributed by atoms with Crippen molar-refractivity contribution in [3.05, 3.63) is 60.2 Å². The largest absolute Gasteiger partial charge is 0.493 e. The third-order valence-electron chi connectivity index (χ3n) is 3.96. The minimum absolute atomic E-state index is 0.0483. The number of rotatable bonds is 9. The van der Waals surface area contributed by atoms with Gasteiger partial charge in [-0.2, -0.15) is 0 Å². The first-order valence-electron chi connectivity index (χ1n) is 9.19. The molecule has 2 rings (SSSR count). The van der Waals surface area contributed by atoms with Gasteiger partial charge >= 0.3 is 5.97 Å². The second kappa shape index (κ2) is 10.3. The number of para-hydroxylation sites is 1. The van der Waals surface area contributed by atoms with E-state index in [1.54, 1.807) is 50.2 Å². The summed E-state index contributed by atoms with van der Waals surface area (Å²) in [5.74, 6) is -0.369. The van der Waals surface area contributed by atoms with E-state index < -0.39 is 12.1 Å². The number of amides is 1. The van der Waals surface area contributed by atoms with E-state index in [4.69, 9.17) is 9.47 Å². The minimum Gasteiger partial charge on any atom is -0.493 e. The molecule has 0 aliphatic carbocycles. The second-order valence-electron chi connectivity index (χ2n) is 6.63. The lowest BCUT2D eigenvalue weighted by atomic mass is 10.1. The summed E-state index contributed by atoms with van der Waals surface area (Å²) in [6, 6.07) is 15.6. The summed E-state index contributed by atoms with van der Waals surface area (Å²) in [5.41, 5.74) is 1.02. The Morgan fingerprint density at radius 2 is 1.57 bits per heavy atom. The van der Waals surface area contributed by atoms with Gasteiger partial charge in [0.25, 0.3) is 0 Å². The smallest absolute Gasteiger partial charge is 0.309 e. The topological polar surface area (TPSA) is 81.7 Å². The average Bonchev–Trinajstić information content (AvgIpc) is 2.68. The van der Waals surface area contributed by atoms with Crippen LogP contribution in [0.1, 0.15) is 37.6 Å². The summed E-state index contributed by atoms with van der Waals surface area (Å²) in [5, 5.41) is 2.76. The second-order valence-corrected chi connectivity index (χ2v) is 6.63. The van der Waals surface area contributed by atoms with Crippen LogP contribution in [0.3, 0.4) is 0 Å². The summed E-state index contributed by atoms with van der Waals surface area (Å²) >= 11 is 0. The lowest BCUT2D eigenvalue weighted by Crippen LogP contribution is -2.25. The summed E-state index contributed by atoms with van der Waals surface area (Å²) in [7, 11) is 0. The van der Waals surface area contributed by atoms with Crippen LogP contribution in [0.25, 0.3) is 0 Å². The minimum atomic E-state index is -0.902. The van der Waals surface area contributed by atoms with Gasteiger partial charge in [0, 0.05) is 17.2 Å². The van der Waals surface area contributed by atoms with Crippen molar-refractivity contribution in [1.82, 2.24) is 0 Å². The molecule has 0 aliphatic rings. The molecule has 28 heavy (non-hydrogen) atoms. The van der Waals surface area contributed by atoms with Gasteiger partial charge in [0.05, 0.1) is 13.0 Å². The Balaban J connectivity index is 1.81. The first-order valence-corrected chi connectivity index (χ1v) is 9.19. The Morgan fingerprint density at radius 1 is 0.929 bits per heavy atom. The van der Waals surface area contributed by atoms with Gasteiger partial charge < -0.3 is 14.8 Å². The predicted octanol–water partition coefficient (Wildman–Crippen LogP) is 3.86. The van der Waals surface area contributed by atoms with E-state index in [0.717, 1.165) is 0 Å². The fourth-order valence-corrected chi connectivity index (χ4v) is 2.32. The van der Waals surface area contributed by atoms with Crippen LogP contribution < -0.4 is 10.1 Å². The van der Waals surface area contributed by atoms with Crippen LogP contribution in [-0.4, -0.2) is 30.4 Å². The number of Topliss-reactive ketones (excluding diaryl/α,β-unsaturated/α-hetero) is 1. The molecular formula is C22H25NO5. The summed E-state index contributed by atoms with van der Waals surface area (Å²) in [4.78, 5) is 36.0. The molecule has 2 aromatic carbocycles. The number of hydrogen-bond acceptors (Lipinski definition) is 5. The first-order chi connectivity index (χ1) is 13.4. The molecule has 0 aromatic heterocycles. The number of carbonyl (C=O) groups excluding carboxylic acids is 3. The number of hydrogen-bond donors (Lipinski definition) is 1. The molecule has 1 unspecified atom stereocenters. The molecule has 0 radical (unpaired) electrons. The molecule has 6 heteroatoms. The van der Waals surface area contributed by atoms with Crippen LogP contribution in [0, 0.1) is 5.92 Å². The van der Waals surface area contributed by atoms with Crippen molar-refractivity contribution in [1.29, 1.82) is 0 Å². The van der Waals surface area contributed by atoms with Crippen molar-refractivity contribution in [3.8, 4) is 5.75 Å². The Morgan fingerprint density at radius 3 is 2.18 bits per heavy atom. The number of ether oxygens (including phenoxy) is 2. The normalized spacial score (nSPS) is 11.6. The van der Waals surface area contributed by atoms with Gasteiger partial charge in [-0.05, 0) is 43.3 Å². The number of anilines is 1. The number of benzene rings is 2. The molecule has 0 aliphatic heterocycles. The van der Waals surface area contributed by atoms with Gasteiger partial charge in [-0.15, -0.1) is 0 Å². The van der Waals surface area contributed by atoms with Crippen LogP contribution in [0.5, 0.6) is 5.75 Å². The monoisotopic (exact) mass is 383 g/mol. The number of nitrogens with one attached hydrogen (secondary N) is 1. The van der Waals surface area contributed by atoms with Crippen molar-refractivity contribution in [2.45, 2.75) is 33.3 Å². The van der Waals surface area contributed by atoms with Gasteiger partial charge in [0.2, 0.25) is 11.7 Å². The number of esters is 1. The highest BCUT2D eigenvalue weighted by Crippen LogP contribution is 2.14. The van der Waals surface area contributed by atoms with Gasteiger partial charge in [-0.25, -0.2) is 0 Å². The van der Waals surface area contributed by atoms with Crippen LogP contribution in [-0.2, 0) is 14.3 Å². The highest BCUT2D eigenvalue weighted by Gasteiger charge is 2.19. The molecule has 0 saturated carbocycles. The molecule has 148 valence electrons. The average molecular weight is 383 g/mol. The Kier molecular flexibility index (Phi) is 7.75. The third-order valence-corrected chi connectivity index (χ3v) is 3.96. The van der Waals surface area contributed by atoms with E-state index in [1.807, 2.05) is 18.2 Å².